The average Bonchev–Trinajstić information content (AvgIpc) is 3.74. The molecule has 42 heavy (non-hydrogen) atoms. The molecule has 2 heterocycles. The molecule has 1 aliphatic heterocycles. The topological polar surface area (TPSA) is 128 Å². The molecule has 0 radical (unpaired) electrons. The molecule has 1 saturated carbocycles. The number of ether oxygens (including phenoxy) is 1. The predicted molar refractivity (Wildman–Crippen MR) is 148 cm³/mol. The van der Waals surface area contributed by atoms with Gasteiger partial charge in [0.2, 0.25) is 15.8 Å². The standard InChI is InChI=1S/C26H25ClF3N5O6S/c27-19-2-1-3-21(14-19)34-24(36)23(41-17-25(8-9-25)26(28,29)30)22(15-31-34)32-10-12-33(13-11-32)42(39,40)16-18-4-6-20(7-5-18)35(37)38/h1-7,14-15H,8-13,16-17H2. The third-order valence-corrected chi connectivity index (χ3v) is 9.47. The molecule has 11 nitrogen and oxygen atoms in total. The van der Waals surface area contributed by atoms with Crippen LogP contribution in [0.5, 0.6) is 5.75 Å². The monoisotopic (exact) mass is 627 g/mol. The molecule has 16 heteroatoms. The van der Waals surface area contributed by atoms with Gasteiger partial charge in [-0.15, -0.1) is 0 Å². The van der Waals surface area contributed by atoms with Crippen molar-refractivity contribution in [3.63, 3.8) is 0 Å². The van der Waals surface area contributed by atoms with Gasteiger partial charge in [-0.05, 0) is 36.6 Å². The predicted octanol–water partition coefficient (Wildman–Crippen LogP) is 4.17. The smallest absolute Gasteiger partial charge is 0.397 e. The zero-order chi connectivity index (χ0) is 30.3. The van der Waals surface area contributed by atoms with Crippen LogP contribution in [0.15, 0.2) is 59.5 Å². The molecule has 1 saturated heterocycles. The van der Waals surface area contributed by atoms with Crippen LogP contribution in [-0.2, 0) is 15.8 Å². The summed E-state index contributed by atoms with van der Waals surface area (Å²) >= 11 is 6.05. The van der Waals surface area contributed by atoms with Gasteiger partial charge in [-0.3, -0.25) is 14.9 Å². The Morgan fingerprint density at radius 3 is 2.31 bits per heavy atom. The number of nitro groups is 1. The number of hydrogen-bond acceptors (Lipinski definition) is 8. The minimum Gasteiger partial charge on any atom is -0.485 e. The summed E-state index contributed by atoms with van der Waals surface area (Å²) in [5.41, 5.74) is -2.12. The number of anilines is 1. The van der Waals surface area contributed by atoms with E-state index in [2.05, 4.69) is 5.10 Å². The lowest BCUT2D eigenvalue weighted by molar-refractivity contribution is -0.384. The maximum atomic E-state index is 13.6. The van der Waals surface area contributed by atoms with Crippen molar-refractivity contribution in [2.45, 2.75) is 24.8 Å². The Morgan fingerprint density at radius 2 is 1.74 bits per heavy atom. The van der Waals surface area contributed by atoms with Gasteiger partial charge < -0.3 is 9.64 Å². The van der Waals surface area contributed by atoms with Gasteiger partial charge in [-0.1, -0.05) is 29.8 Å². The summed E-state index contributed by atoms with van der Waals surface area (Å²) in [5, 5.41) is 15.4. The van der Waals surface area contributed by atoms with E-state index in [1.54, 1.807) is 23.1 Å². The Balaban J connectivity index is 1.36. The van der Waals surface area contributed by atoms with Crippen LogP contribution in [0.2, 0.25) is 5.02 Å². The molecule has 0 N–H and O–H groups in total. The van der Waals surface area contributed by atoms with Gasteiger partial charge in [0, 0.05) is 43.3 Å². The zero-order valence-electron chi connectivity index (χ0n) is 22.0. The van der Waals surface area contributed by atoms with Crippen molar-refractivity contribution in [2.75, 3.05) is 37.7 Å². The number of aromatic nitrogens is 2. The van der Waals surface area contributed by atoms with Crippen molar-refractivity contribution < 1.29 is 31.2 Å². The highest BCUT2D eigenvalue weighted by Gasteiger charge is 2.64. The van der Waals surface area contributed by atoms with Gasteiger partial charge in [0.25, 0.3) is 5.69 Å². The zero-order valence-corrected chi connectivity index (χ0v) is 23.5. The maximum Gasteiger partial charge on any atom is 0.397 e. The normalized spacial score (nSPS) is 17.2. The van der Waals surface area contributed by atoms with Crippen LogP contribution in [0.3, 0.4) is 0 Å². The lowest BCUT2D eigenvalue weighted by Gasteiger charge is -2.36. The number of alkyl halides is 3. The van der Waals surface area contributed by atoms with Crippen LogP contribution >= 0.6 is 11.6 Å². The molecule has 2 aromatic carbocycles. The molecular formula is C26H25ClF3N5O6S. The SMILES string of the molecule is O=c1c(OCC2(C(F)(F)F)CC2)c(N2CCN(S(=O)(=O)Cc3ccc([N+](=O)[O-])cc3)CC2)cnn1-c1cccc(Cl)c1. The van der Waals surface area contributed by atoms with Gasteiger partial charge in [-0.2, -0.15) is 27.3 Å². The average molecular weight is 628 g/mol. The molecule has 0 amide bonds. The summed E-state index contributed by atoms with van der Waals surface area (Å²) in [6.07, 6.45) is -3.39. The number of hydrogen-bond donors (Lipinski definition) is 0. The number of nitrogens with zero attached hydrogens (tertiary/aromatic N) is 5. The highest BCUT2D eigenvalue weighted by Crippen LogP contribution is 2.57. The maximum absolute atomic E-state index is 13.6. The third kappa shape index (κ3) is 6.08. The first-order chi connectivity index (χ1) is 19.8. The van der Waals surface area contributed by atoms with Gasteiger partial charge in [0.1, 0.15) is 17.7 Å². The number of non-ortho nitro benzene ring substituents is 1. The van der Waals surface area contributed by atoms with Crippen molar-refractivity contribution in [1.82, 2.24) is 14.1 Å². The van der Waals surface area contributed by atoms with Gasteiger partial charge in [0.15, 0.2) is 0 Å². The fourth-order valence-corrected chi connectivity index (χ4v) is 6.38. The molecule has 0 atom stereocenters. The van der Waals surface area contributed by atoms with E-state index in [1.807, 2.05) is 0 Å². The van der Waals surface area contributed by atoms with Crippen LogP contribution in [-0.4, -0.2) is 66.4 Å². The fraction of sp³-hybridized carbons (Fsp3) is 0.385. The van der Waals surface area contributed by atoms with Crippen LogP contribution in [0.25, 0.3) is 5.69 Å². The number of nitro benzene ring substituents is 1. The van der Waals surface area contributed by atoms with Crippen molar-refractivity contribution in [3.05, 3.63) is 85.8 Å². The van der Waals surface area contributed by atoms with E-state index in [0.717, 1.165) is 4.68 Å². The van der Waals surface area contributed by atoms with E-state index < -0.39 is 38.7 Å². The molecule has 0 unspecified atom stereocenters. The molecule has 1 aromatic heterocycles. The van der Waals surface area contributed by atoms with Crippen molar-refractivity contribution in [3.8, 4) is 11.4 Å². The quantitative estimate of drug-likeness (QED) is 0.256. The summed E-state index contributed by atoms with van der Waals surface area (Å²) in [7, 11) is -3.79. The Labute approximate surface area is 243 Å². The van der Waals surface area contributed by atoms with Crippen LogP contribution in [0, 0.1) is 15.5 Å². The first-order valence-electron chi connectivity index (χ1n) is 12.8. The Hall–Kier alpha value is -3.69. The van der Waals surface area contributed by atoms with Gasteiger partial charge in [-0.25, -0.2) is 8.42 Å². The van der Waals surface area contributed by atoms with Crippen LogP contribution < -0.4 is 15.2 Å². The Bertz CT molecular complexity index is 1650. The van der Waals surface area contributed by atoms with Crippen LogP contribution in [0.4, 0.5) is 24.5 Å². The molecule has 5 rings (SSSR count). The first-order valence-corrected chi connectivity index (χ1v) is 14.8. The Morgan fingerprint density at radius 1 is 1.07 bits per heavy atom. The minimum atomic E-state index is -4.49. The van der Waals surface area contributed by atoms with Gasteiger partial charge >= 0.3 is 11.7 Å². The number of sulfonamides is 1. The lowest BCUT2D eigenvalue weighted by Crippen LogP contribution is -2.49. The summed E-state index contributed by atoms with van der Waals surface area (Å²) < 4.78 is 74.8. The molecule has 0 spiro atoms. The molecule has 2 fully saturated rings. The van der Waals surface area contributed by atoms with Gasteiger partial charge in [0.05, 0.1) is 22.6 Å². The number of halogens is 4. The summed E-state index contributed by atoms with van der Waals surface area (Å²) in [4.78, 5) is 25.4. The Kier molecular flexibility index (Phi) is 7.94. The first kappa shape index (κ1) is 29.8. The van der Waals surface area contributed by atoms with Crippen molar-refractivity contribution >= 4 is 33.0 Å². The van der Waals surface area contributed by atoms with E-state index in [1.165, 1.54) is 40.8 Å². The highest BCUT2D eigenvalue weighted by molar-refractivity contribution is 7.88. The largest absolute Gasteiger partial charge is 0.485 e. The summed E-state index contributed by atoms with van der Waals surface area (Å²) in [6.45, 7) is -0.454. The van der Waals surface area contributed by atoms with Crippen molar-refractivity contribution in [1.29, 1.82) is 0 Å². The minimum absolute atomic E-state index is 0.0264. The molecule has 1 aliphatic carbocycles. The molecule has 2 aliphatic rings. The summed E-state index contributed by atoms with van der Waals surface area (Å²) in [5.74, 6) is -0.682. The van der Waals surface area contributed by atoms with Crippen LogP contribution in [0.1, 0.15) is 18.4 Å². The van der Waals surface area contributed by atoms with E-state index in [9.17, 15) is 36.5 Å². The van der Waals surface area contributed by atoms with E-state index >= 15 is 0 Å². The second-order valence-corrected chi connectivity index (χ2v) is 12.6. The second-order valence-electron chi connectivity index (χ2n) is 10.2. The fourth-order valence-electron chi connectivity index (χ4n) is 4.68. The molecule has 224 valence electrons. The molecular weight excluding hydrogens is 603 g/mol. The number of piperazine rings is 1. The van der Waals surface area contributed by atoms with E-state index in [-0.39, 0.29) is 61.9 Å². The molecule has 3 aromatic rings. The number of rotatable bonds is 9. The second kappa shape index (κ2) is 11.2. The third-order valence-electron chi connectivity index (χ3n) is 7.38. The number of benzene rings is 2. The lowest BCUT2D eigenvalue weighted by atomic mass is 10.1. The van der Waals surface area contributed by atoms with E-state index in [0.29, 0.717) is 16.3 Å². The summed E-state index contributed by atoms with van der Waals surface area (Å²) in [6, 6.07) is 11.5. The van der Waals surface area contributed by atoms with Crippen molar-refractivity contribution in [2.24, 2.45) is 5.41 Å². The highest BCUT2D eigenvalue weighted by atomic mass is 35.5. The van der Waals surface area contributed by atoms with E-state index in [4.69, 9.17) is 16.3 Å². The molecule has 0 bridgehead atoms.